The first-order valence-corrected chi connectivity index (χ1v) is 8.36. The van der Waals surface area contributed by atoms with Gasteiger partial charge in [0.1, 0.15) is 0 Å². The fraction of sp³-hybridized carbons (Fsp3) is 0.533. The van der Waals surface area contributed by atoms with Crippen LogP contribution in [0.3, 0.4) is 0 Å². The highest BCUT2D eigenvalue weighted by Gasteiger charge is 2.20. The molecule has 4 nitrogen and oxygen atoms in total. The number of hydrogen-bond acceptors (Lipinski definition) is 3. The minimum atomic E-state index is 0.0873. The van der Waals surface area contributed by atoms with Crippen molar-refractivity contribution in [2.45, 2.75) is 25.4 Å². The van der Waals surface area contributed by atoms with E-state index in [1.165, 1.54) is 5.56 Å². The van der Waals surface area contributed by atoms with Crippen molar-refractivity contribution in [3.63, 3.8) is 0 Å². The van der Waals surface area contributed by atoms with Gasteiger partial charge in [-0.2, -0.15) is 0 Å². The van der Waals surface area contributed by atoms with Crippen LogP contribution < -0.4 is 10.6 Å². The van der Waals surface area contributed by atoms with E-state index in [0.717, 1.165) is 42.0 Å². The monoisotopic (exact) mass is 373 g/mol. The van der Waals surface area contributed by atoms with E-state index in [0.29, 0.717) is 12.6 Å². The lowest BCUT2D eigenvalue weighted by Crippen LogP contribution is -2.45. The molecule has 6 heteroatoms. The molecule has 0 unspecified atom stereocenters. The van der Waals surface area contributed by atoms with E-state index in [2.05, 4.69) is 31.5 Å². The van der Waals surface area contributed by atoms with Gasteiger partial charge in [-0.25, -0.2) is 0 Å². The van der Waals surface area contributed by atoms with Crippen LogP contribution in [0.25, 0.3) is 0 Å². The minimum Gasteiger partial charge on any atom is -0.358 e. The van der Waals surface area contributed by atoms with E-state index in [-0.39, 0.29) is 5.91 Å². The summed E-state index contributed by atoms with van der Waals surface area (Å²) >= 11 is 9.58. The summed E-state index contributed by atoms with van der Waals surface area (Å²) in [7, 11) is 1.68. The molecule has 2 N–H and O–H groups in total. The Morgan fingerprint density at radius 1 is 1.43 bits per heavy atom. The quantitative estimate of drug-likeness (QED) is 0.832. The molecule has 21 heavy (non-hydrogen) atoms. The summed E-state index contributed by atoms with van der Waals surface area (Å²) in [6.45, 7) is 3.23. The molecule has 1 heterocycles. The summed E-state index contributed by atoms with van der Waals surface area (Å²) in [5.74, 6) is 0.0873. The molecule has 2 rings (SSSR count). The topological polar surface area (TPSA) is 44.4 Å². The molecule has 1 aliphatic heterocycles. The highest BCUT2D eigenvalue weighted by Crippen LogP contribution is 2.21. The van der Waals surface area contributed by atoms with Crippen molar-refractivity contribution < 1.29 is 4.79 Å². The largest absolute Gasteiger partial charge is 0.358 e. The maximum absolute atomic E-state index is 11.4. The number of benzene rings is 1. The number of nitrogens with one attached hydrogen (secondary N) is 2. The van der Waals surface area contributed by atoms with Crippen molar-refractivity contribution in [3.8, 4) is 0 Å². The second-order valence-electron chi connectivity index (χ2n) is 5.34. The average Bonchev–Trinajstić information content (AvgIpc) is 2.49. The third-order valence-electron chi connectivity index (χ3n) is 3.82. The zero-order chi connectivity index (χ0) is 15.2. The normalized spacial score (nSPS) is 16.9. The molecule has 0 aromatic heterocycles. The van der Waals surface area contributed by atoms with Gasteiger partial charge in [-0.15, -0.1) is 0 Å². The van der Waals surface area contributed by atoms with E-state index in [1.807, 2.05) is 18.2 Å². The summed E-state index contributed by atoms with van der Waals surface area (Å²) in [5.41, 5.74) is 1.18. The molecule has 1 saturated heterocycles. The van der Waals surface area contributed by atoms with Crippen molar-refractivity contribution in [1.29, 1.82) is 0 Å². The lowest BCUT2D eigenvalue weighted by atomic mass is 10.0. The summed E-state index contributed by atoms with van der Waals surface area (Å²) in [6, 6.07) is 6.34. The molecule has 1 aliphatic rings. The number of carbonyl (C=O) groups excluding carboxylic acids is 1. The molecule has 1 fully saturated rings. The maximum Gasteiger partial charge on any atom is 0.233 e. The number of hydrogen-bond donors (Lipinski definition) is 2. The number of piperidine rings is 1. The van der Waals surface area contributed by atoms with Gasteiger partial charge in [-0.3, -0.25) is 9.69 Å². The fourth-order valence-corrected chi connectivity index (χ4v) is 3.09. The SMILES string of the molecule is CNC(=O)CN1CCC(NCc2cc(Cl)ccc2Br)CC1. The average molecular weight is 375 g/mol. The Morgan fingerprint density at radius 2 is 2.14 bits per heavy atom. The zero-order valence-electron chi connectivity index (χ0n) is 12.2. The van der Waals surface area contributed by atoms with Gasteiger partial charge in [0, 0.05) is 42.2 Å². The van der Waals surface area contributed by atoms with Gasteiger partial charge in [0.05, 0.1) is 6.54 Å². The molecule has 1 aromatic rings. The van der Waals surface area contributed by atoms with E-state index < -0.39 is 0 Å². The van der Waals surface area contributed by atoms with Gasteiger partial charge in [-0.1, -0.05) is 27.5 Å². The number of rotatable bonds is 5. The van der Waals surface area contributed by atoms with Crippen LogP contribution in [0, 0.1) is 0 Å². The molecular weight excluding hydrogens is 354 g/mol. The predicted octanol–water partition coefficient (Wildman–Crippen LogP) is 2.40. The summed E-state index contributed by atoms with van der Waals surface area (Å²) in [6.07, 6.45) is 2.13. The first-order chi connectivity index (χ1) is 10.1. The Bertz CT molecular complexity index is 490. The van der Waals surface area contributed by atoms with Crippen molar-refractivity contribution in [1.82, 2.24) is 15.5 Å². The molecule has 0 spiro atoms. The number of halogens is 2. The first-order valence-electron chi connectivity index (χ1n) is 7.18. The third kappa shape index (κ3) is 5.25. The second kappa shape index (κ2) is 8.13. The lowest BCUT2D eigenvalue weighted by Gasteiger charge is -2.32. The van der Waals surface area contributed by atoms with Crippen molar-refractivity contribution >= 4 is 33.4 Å². The molecule has 0 atom stereocenters. The van der Waals surface area contributed by atoms with Crippen LogP contribution in [0.15, 0.2) is 22.7 Å². The highest BCUT2D eigenvalue weighted by molar-refractivity contribution is 9.10. The van der Waals surface area contributed by atoms with E-state index in [4.69, 9.17) is 11.6 Å². The Morgan fingerprint density at radius 3 is 2.81 bits per heavy atom. The van der Waals surface area contributed by atoms with Gasteiger partial charge >= 0.3 is 0 Å². The number of likely N-dealkylation sites (tertiary alicyclic amines) is 1. The summed E-state index contributed by atoms with van der Waals surface area (Å²) in [5, 5.41) is 7.01. The Labute approximate surface area is 139 Å². The van der Waals surface area contributed by atoms with Crippen LogP contribution in [0.5, 0.6) is 0 Å². The second-order valence-corrected chi connectivity index (χ2v) is 6.63. The van der Waals surface area contributed by atoms with Gasteiger partial charge in [-0.05, 0) is 36.6 Å². The van der Waals surface area contributed by atoms with Crippen molar-refractivity contribution in [2.75, 3.05) is 26.7 Å². The van der Waals surface area contributed by atoms with Crippen LogP contribution >= 0.6 is 27.5 Å². The maximum atomic E-state index is 11.4. The van der Waals surface area contributed by atoms with E-state index in [1.54, 1.807) is 7.05 Å². The Kier molecular flexibility index (Phi) is 6.48. The van der Waals surface area contributed by atoms with Crippen molar-refractivity contribution in [3.05, 3.63) is 33.3 Å². The highest BCUT2D eigenvalue weighted by atomic mass is 79.9. The standard InChI is InChI=1S/C15H21BrClN3O/c1-18-15(21)10-20-6-4-13(5-7-20)19-9-11-8-12(17)2-3-14(11)16/h2-3,8,13,19H,4-7,9-10H2,1H3,(H,18,21). The van der Waals surface area contributed by atoms with Gasteiger partial charge in [0.15, 0.2) is 0 Å². The van der Waals surface area contributed by atoms with Gasteiger partial charge in [0.2, 0.25) is 5.91 Å². The predicted molar refractivity (Wildman–Crippen MR) is 89.5 cm³/mol. The molecule has 0 radical (unpaired) electrons. The summed E-state index contributed by atoms with van der Waals surface area (Å²) < 4.78 is 1.08. The van der Waals surface area contributed by atoms with Crippen molar-refractivity contribution in [2.24, 2.45) is 0 Å². The van der Waals surface area contributed by atoms with Gasteiger partial charge < -0.3 is 10.6 Å². The minimum absolute atomic E-state index is 0.0873. The molecule has 0 aliphatic carbocycles. The zero-order valence-corrected chi connectivity index (χ0v) is 14.5. The van der Waals surface area contributed by atoms with E-state index >= 15 is 0 Å². The number of nitrogens with zero attached hydrogens (tertiary/aromatic N) is 1. The molecule has 1 amide bonds. The Balaban J connectivity index is 1.76. The fourth-order valence-electron chi connectivity index (χ4n) is 2.51. The molecule has 1 aromatic carbocycles. The number of carbonyl (C=O) groups is 1. The van der Waals surface area contributed by atoms with Crippen LogP contribution in [-0.4, -0.2) is 43.5 Å². The van der Waals surface area contributed by atoms with E-state index in [9.17, 15) is 4.79 Å². The first kappa shape index (κ1) is 16.7. The van der Waals surface area contributed by atoms with Crippen LogP contribution in [0.1, 0.15) is 18.4 Å². The molecule has 0 saturated carbocycles. The summed E-state index contributed by atoms with van der Waals surface area (Å²) in [4.78, 5) is 13.6. The molecular formula is C15H21BrClN3O. The number of likely N-dealkylation sites (N-methyl/N-ethyl adjacent to an activating group) is 1. The lowest BCUT2D eigenvalue weighted by molar-refractivity contribution is -0.122. The van der Waals surface area contributed by atoms with Gasteiger partial charge in [0.25, 0.3) is 0 Å². The Hall–Kier alpha value is -0.620. The molecule has 0 bridgehead atoms. The van der Waals surface area contributed by atoms with Crippen LogP contribution in [-0.2, 0) is 11.3 Å². The smallest absolute Gasteiger partial charge is 0.233 e. The van der Waals surface area contributed by atoms with Crippen LogP contribution in [0.2, 0.25) is 5.02 Å². The third-order valence-corrected chi connectivity index (χ3v) is 4.83. The van der Waals surface area contributed by atoms with Crippen LogP contribution in [0.4, 0.5) is 0 Å². The molecule has 116 valence electrons. The number of amides is 1.